The van der Waals surface area contributed by atoms with Gasteiger partial charge < -0.3 is 19.5 Å². The van der Waals surface area contributed by atoms with Crippen molar-refractivity contribution in [1.29, 1.82) is 0 Å². The van der Waals surface area contributed by atoms with Crippen molar-refractivity contribution < 1.29 is 28.6 Å². The van der Waals surface area contributed by atoms with Crippen molar-refractivity contribution in [3.63, 3.8) is 0 Å². The fourth-order valence-corrected chi connectivity index (χ4v) is 2.51. The van der Waals surface area contributed by atoms with Crippen molar-refractivity contribution in [2.75, 3.05) is 18.5 Å². The Morgan fingerprint density at radius 3 is 2.48 bits per heavy atom. The highest BCUT2D eigenvalue weighted by molar-refractivity contribution is 5.99. The summed E-state index contributed by atoms with van der Waals surface area (Å²) in [5.41, 5.74) is 1.20. The van der Waals surface area contributed by atoms with Gasteiger partial charge in [-0.15, -0.1) is 0 Å². The molecule has 0 spiro atoms. The van der Waals surface area contributed by atoms with Crippen molar-refractivity contribution in [1.82, 2.24) is 0 Å². The van der Waals surface area contributed by atoms with Crippen LogP contribution in [0.3, 0.4) is 0 Å². The van der Waals surface area contributed by atoms with E-state index in [1.165, 1.54) is 19.9 Å². The minimum Gasteiger partial charge on any atom is -0.486 e. The summed E-state index contributed by atoms with van der Waals surface area (Å²) in [7, 11) is 0. The third-order valence-electron chi connectivity index (χ3n) is 3.97. The number of ketones is 1. The summed E-state index contributed by atoms with van der Waals surface area (Å²) in [5.74, 6) is -0.222. The first kappa shape index (κ1) is 18.4. The molecule has 0 unspecified atom stereocenters. The lowest BCUT2D eigenvalue weighted by Crippen LogP contribution is -2.30. The maximum atomic E-state index is 12.3. The number of benzene rings is 2. The van der Waals surface area contributed by atoms with E-state index >= 15 is 0 Å². The summed E-state index contributed by atoms with van der Waals surface area (Å²) >= 11 is 0. The molecule has 7 nitrogen and oxygen atoms in total. The SMILES string of the molecule is CC(=O)c1cccc(NC(=O)[C@@H](C)OC(=O)c2ccc3c(c2)OCCO3)c1. The van der Waals surface area contributed by atoms with Gasteiger partial charge >= 0.3 is 5.97 Å². The van der Waals surface area contributed by atoms with Crippen molar-refractivity contribution in [2.45, 2.75) is 20.0 Å². The summed E-state index contributed by atoms with van der Waals surface area (Å²) < 4.78 is 16.1. The van der Waals surface area contributed by atoms with Crippen LogP contribution in [0.1, 0.15) is 34.6 Å². The van der Waals surface area contributed by atoms with Gasteiger partial charge in [0.15, 0.2) is 23.4 Å². The third kappa shape index (κ3) is 4.44. The largest absolute Gasteiger partial charge is 0.486 e. The van der Waals surface area contributed by atoms with Gasteiger partial charge in [0, 0.05) is 11.3 Å². The summed E-state index contributed by atoms with van der Waals surface area (Å²) in [6.45, 7) is 3.78. The Labute approximate surface area is 156 Å². The quantitative estimate of drug-likeness (QED) is 0.644. The van der Waals surface area contributed by atoms with E-state index in [9.17, 15) is 14.4 Å². The van der Waals surface area contributed by atoms with Gasteiger partial charge in [-0.05, 0) is 44.2 Å². The van der Waals surface area contributed by atoms with E-state index in [2.05, 4.69) is 5.32 Å². The van der Waals surface area contributed by atoms with Crippen LogP contribution in [0.4, 0.5) is 5.69 Å². The monoisotopic (exact) mass is 369 g/mol. The Balaban J connectivity index is 1.63. The first-order valence-corrected chi connectivity index (χ1v) is 8.46. The molecule has 1 aliphatic rings. The Kier molecular flexibility index (Phi) is 5.40. The fourth-order valence-electron chi connectivity index (χ4n) is 2.51. The lowest BCUT2D eigenvalue weighted by atomic mass is 10.1. The van der Waals surface area contributed by atoms with Crippen LogP contribution < -0.4 is 14.8 Å². The molecule has 2 aromatic carbocycles. The van der Waals surface area contributed by atoms with Gasteiger partial charge in [-0.25, -0.2) is 4.79 Å². The zero-order valence-corrected chi connectivity index (χ0v) is 15.0. The molecule has 0 fully saturated rings. The molecule has 7 heteroatoms. The Morgan fingerprint density at radius 2 is 1.74 bits per heavy atom. The van der Waals surface area contributed by atoms with Crippen molar-refractivity contribution in [3.05, 3.63) is 53.6 Å². The standard InChI is InChI=1S/C20H19NO6/c1-12(22)14-4-3-5-16(10-14)21-19(23)13(2)27-20(24)15-6-7-17-18(11-15)26-9-8-25-17/h3-7,10-11,13H,8-9H2,1-2H3,(H,21,23)/t13-/m1/s1. The molecular formula is C20H19NO6. The van der Waals surface area contributed by atoms with Crippen LogP contribution in [0.5, 0.6) is 11.5 Å². The Hall–Kier alpha value is -3.35. The second-order valence-corrected chi connectivity index (χ2v) is 6.03. The average molecular weight is 369 g/mol. The van der Waals surface area contributed by atoms with Crippen LogP contribution in [0, 0.1) is 0 Å². The van der Waals surface area contributed by atoms with E-state index in [-0.39, 0.29) is 11.3 Å². The molecule has 1 heterocycles. The molecule has 3 rings (SSSR count). The molecule has 0 saturated heterocycles. The minimum absolute atomic E-state index is 0.107. The fraction of sp³-hybridized carbons (Fsp3) is 0.250. The zero-order chi connectivity index (χ0) is 19.4. The number of hydrogen-bond donors (Lipinski definition) is 1. The van der Waals surface area contributed by atoms with Crippen LogP contribution in [-0.2, 0) is 9.53 Å². The van der Waals surface area contributed by atoms with E-state index in [4.69, 9.17) is 14.2 Å². The van der Waals surface area contributed by atoms with Gasteiger partial charge in [0.2, 0.25) is 0 Å². The predicted molar refractivity (Wildman–Crippen MR) is 97.4 cm³/mol. The number of rotatable bonds is 5. The van der Waals surface area contributed by atoms with Crippen LogP contribution in [-0.4, -0.2) is 37.0 Å². The van der Waals surface area contributed by atoms with Gasteiger partial charge in [0.25, 0.3) is 5.91 Å². The Bertz CT molecular complexity index is 892. The minimum atomic E-state index is -1.02. The Morgan fingerprint density at radius 1 is 1.00 bits per heavy atom. The average Bonchev–Trinajstić information content (AvgIpc) is 2.67. The molecule has 1 atom stereocenters. The molecule has 1 amide bonds. The number of ether oxygens (including phenoxy) is 3. The van der Waals surface area contributed by atoms with Gasteiger partial charge in [-0.2, -0.15) is 0 Å². The molecule has 140 valence electrons. The van der Waals surface area contributed by atoms with E-state index in [0.29, 0.717) is 36.0 Å². The van der Waals surface area contributed by atoms with Crippen molar-refractivity contribution in [2.24, 2.45) is 0 Å². The van der Waals surface area contributed by atoms with E-state index in [1.807, 2.05) is 0 Å². The molecule has 2 aromatic rings. The molecule has 0 aromatic heterocycles. The molecule has 0 saturated carbocycles. The highest BCUT2D eigenvalue weighted by Gasteiger charge is 2.21. The third-order valence-corrected chi connectivity index (χ3v) is 3.97. The molecule has 0 aliphatic carbocycles. The second kappa shape index (κ2) is 7.90. The normalized spacial score (nSPS) is 13.4. The molecule has 1 aliphatic heterocycles. The van der Waals surface area contributed by atoms with E-state index in [0.717, 1.165) is 0 Å². The molecule has 0 bridgehead atoms. The number of amides is 1. The number of nitrogens with one attached hydrogen (secondary N) is 1. The lowest BCUT2D eigenvalue weighted by molar-refractivity contribution is -0.123. The zero-order valence-electron chi connectivity index (χ0n) is 15.0. The molecule has 27 heavy (non-hydrogen) atoms. The van der Waals surface area contributed by atoms with E-state index < -0.39 is 18.0 Å². The highest BCUT2D eigenvalue weighted by atomic mass is 16.6. The molecular weight excluding hydrogens is 350 g/mol. The lowest BCUT2D eigenvalue weighted by Gasteiger charge is -2.19. The van der Waals surface area contributed by atoms with Gasteiger partial charge in [-0.3, -0.25) is 9.59 Å². The topological polar surface area (TPSA) is 90.9 Å². The number of carbonyl (C=O) groups is 3. The van der Waals surface area contributed by atoms with Gasteiger partial charge in [0.05, 0.1) is 5.56 Å². The van der Waals surface area contributed by atoms with Gasteiger partial charge in [0.1, 0.15) is 13.2 Å². The number of fused-ring (bicyclic) bond motifs is 1. The maximum absolute atomic E-state index is 12.3. The second-order valence-electron chi connectivity index (χ2n) is 6.03. The summed E-state index contributed by atoms with van der Waals surface area (Å²) in [5, 5.41) is 2.63. The van der Waals surface area contributed by atoms with Crippen LogP contribution in [0.2, 0.25) is 0 Å². The predicted octanol–water partition coefficient (Wildman–Crippen LogP) is 2.84. The first-order chi connectivity index (χ1) is 12.9. The maximum Gasteiger partial charge on any atom is 0.339 e. The smallest absolute Gasteiger partial charge is 0.339 e. The van der Waals surface area contributed by atoms with E-state index in [1.54, 1.807) is 36.4 Å². The highest BCUT2D eigenvalue weighted by Crippen LogP contribution is 2.31. The van der Waals surface area contributed by atoms with Crippen molar-refractivity contribution in [3.8, 4) is 11.5 Å². The number of anilines is 1. The van der Waals surface area contributed by atoms with Crippen LogP contribution >= 0.6 is 0 Å². The number of carbonyl (C=O) groups excluding carboxylic acids is 3. The number of hydrogen-bond acceptors (Lipinski definition) is 6. The summed E-state index contributed by atoms with van der Waals surface area (Å²) in [6, 6.07) is 11.2. The summed E-state index contributed by atoms with van der Waals surface area (Å²) in [6.07, 6.45) is -1.02. The first-order valence-electron chi connectivity index (χ1n) is 8.46. The van der Waals surface area contributed by atoms with Crippen LogP contribution in [0.15, 0.2) is 42.5 Å². The number of esters is 1. The van der Waals surface area contributed by atoms with Crippen molar-refractivity contribution >= 4 is 23.3 Å². The van der Waals surface area contributed by atoms with Crippen LogP contribution in [0.25, 0.3) is 0 Å². The number of Topliss-reactive ketones (excluding diaryl/α,β-unsaturated/α-hetero) is 1. The van der Waals surface area contributed by atoms with Gasteiger partial charge in [-0.1, -0.05) is 12.1 Å². The summed E-state index contributed by atoms with van der Waals surface area (Å²) in [4.78, 5) is 36.0. The molecule has 1 N–H and O–H groups in total. The molecule has 0 radical (unpaired) electrons.